The van der Waals surface area contributed by atoms with E-state index in [-0.39, 0.29) is 29.8 Å². The van der Waals surface area contributed by atoms with Crippen LogP contribution in [0.25, 0.3) is 0 Å². The average molecular weight is 485 g/mol. The van der Waals surface area contributed by atoms with Gasteiger partial charge in [0.1, 0.15) is 5.75 Å². The molecule has 0 atom stereocenters. The zero-order valence-corrected chi connectivity index (χ0v) is 19.3. The quantitative estimate of drug-likeness (QED) is 0.636. The van der Waals surface area contributed by atoms with Gasteiger partial charge in [-0.15, -0.1) is 0 Å². The molecule has 1 aliphatic carbocycles. The van der Waals surface area contributed by atoms with Crippen LogP contribution in [0.1, 0.15) is 37.7 Å². The molecule has 1 saturated carbocycles. The number of hydrogen-bond donors (Lipinski definition) is 1. The molecule has 2 aromatic rings. The Balaban J connectivity index is 1.23. The zero-order valence-electron chi connectivity index (χ0n) is 17.7. The Morgan fingerprint density at radius 1 is 1.06 bits per heavy atom. The molecule has 1 saturated heterocycles. The van der Waals surface area contributed by atoms with Crippen LogP contribution in [0, 0.1) is 5.92 Å². The summed E-state index contributed by atoms with van der Waals surface area (Å²) < 4.78 is 6.65. The predicted molar refractivity (Wildman–Crippen MR) is 124 cm³/mol. The van der Waals surface area contributed by atoms with E-state index in [1.165, 1.54) is 12.0 Å². The maximum absolute atomic E-state index is 12.8. The van der Waals surface area contributed by atoms with Crippen LogP contribution in [0.4, 0.5) is 0 Å². The van der Waals surface area contributed by atoms with Crippen molar-refractivity contribution in [2.24, 2.45) is 5.92 Å². The van der Waals surface area contributed by atoms with E-state index in [1.807, 2.05) is 41.3 Å². The third-order valence-corrected chi connectivity index (χ3v) is 7.17. The first-order valence-corrected chi connectivity index (χ1v) is 11.8. The molecule has 4 rings (SSSR count). The lowest BCUT2D eigenvalue weighted by Crippen LogP contribution is -2.49. The fourth-order valence-corrected chi connectivity index (χ4v) is 4.93. The molecule has 5 nitrogen and oxygen atoms in total. The summed E-state index contributed by atoms with van der Waals surface area (Å²) in [6, 6.07) is 17.8. The second-order valence-corrected chi connectivity index (χ2v) is 9.53. The van der Waals surface area contributed by atoms with Crippen molar-refractivity contribution in [2.75, 3.05) is 26.2 Å². The molecule has 31 heavy (non-hydrogen) atoms. The number of ether oxygens (including phenoxy) is 1. The highest BCUT2D eigenvalue weighted by Gasteiger charge is 2.39. The number of halogens is 1. The van der Waals surface area contributed by atoms with Crippen LogP contribution < -0.4 is 10.1 Å². The van der Waals surface area contributed by atoms with Gasteiger partial charge in [-0.25, -0.2) is 0 Å². The van der Waals surface area contributed by atoms with Gasteiger partial charge in [-0.1, -0.05) is 52.7 Å². The molecule has 0 aromatic heterocycles. The van der Waals surface area contributed by atoms with Gasteiger partial charge in [0.05, 0.1) is 0 Å². The number of likely N-dealkylation sites (tertiary alicyclic amines) is 1. The normalized spacial score (nSPS) is 18.2. The van der Waals surface area contributed by atoms with Crippen LogP contribution in [-0.2, 0) is 15.0 Å². The average Bonchev–Trinajstić information content (AvgIpc) is 2.77. The number of rotatable bonds is 7. The third kappa shape index (κ3) is 5.29. The van der Waals surface area contributed by atoms with Crippen molar-refractivity contribution in [1.29, 1.82) is 0 Å². The lowest BCUT2D eigenvalue weighted by Gasteiger charge is -2.43. The number of piperidine rings is 1. The number of nitrogens with zero attached hydrogens (tertiary/aromatic N) is 1. The van der Waals surface area contributed by atoms with Crippen molar-refractivity contribution in [3.63, 3.8) is 0 Å². The number of carbonyl (C=O) groups excluding carboxylic acids is 2. The second-order valence-electron chi connectivity index (χ2n) is 8.62. The third-order valence-electron chi connectivity index (χ3n) is 6.67. The van der Waals surface area contributed by atoms with E-state index in [1.54, 1.807) is 0 Å². The molecule has 2 amide bonds. The van der Waals surface area contributed by atoms with E-state index in [0.717, 1.165) is 17.3 Å². The van der Waals surface area contributed by atoms with E-state index < -0.39 is 0 Å². The zero-order chi connectivity index (χ0) is 21.7. The molecule has 6 heteroatoms. The van der Waals surface area contributed by atoms with E-state index in [2.05, 4.69) is 39.4 Å². The Hall–Kier alpha value is -2.34. The molecule has 2 aliphatic rings. The minimum atomic E-state index is -0.0290. The largest absolute Gasteiger partial charge is 0.484 e. The molecule has 0 spiro atoms. The molecule has 1 aliphatic heterocycles. The van der Waals surface area contributed by atoms with Crippen molar-refractivity contribution in [1.82, 2.24) is 10.2 Å². The van der Waals surface area contributed by atoms with Crippen molar-refractivity contribution in [3.8, 4) is 5.75 Å². The summed E-state index contributed by atoms with van der Waals surface area (Å²) in [5.74, 6) is 0.763. The van der Waals surface area contributed by atoms with E-state index >= 15 is 0 Å². The highest BCUT2D eigenvalue weighted by Crippen LogP contribution is 2.43. The smallest absolute Gasteiger partial charge is 0.260 e. The van der Waals surface area contributed by atoms with Gasteiger partial charge in [0, 0.05) is 35.4 Å². The predicted octanol–water partition coefficient (Wildman–Crippen LogP) is 4.30. The number of para-hydroxylation sites is 1. The van der Waals surface area contributed by atoms with Gasteiger partial charge in [-0.2, -0.15) is 0 Å². The highest BCUT2D eigenvalue weighted by atomic mass is 79.9. The Labute approximate surface area is 192 Å². The molecule has 2 aromatic carbocycles. The lowest BCUT2D eigenvalue weighted by atomic mass is 9.64. The van der Waals surface area contributed by atoms with Gasteiger partial charge in [-0.3, -0.25) is 9.59 Å². The maximum Gasteiger partial charge on any atom is 0.260 e. The first-order valence-electron chi connectivity index (χ1n) is 11.1. The summed E-state index contributed by atoms with van der Waals surface area (Å²) in [7, 11) is 0. The fraction of sp³-hybridized carbons (Fsp3) is 0.440. The van der Waals surface area contributed by atoms with Gasteiger partial charge in [0.2, 0.25) is 5.91 Å². The van der Waals surface area contributed by atoms with Crippen molar-refractivity contribution in [2.45, 2.75) is 37.5 Å². The van der Waals surface area contributed by atoms with Crippen LogP contribution >= 0.6 is 15.9 Å². The van der Waals surface area contributed by atoms with Gasteiger partial charge in [0.25, 0.3) is 5.91 Å². The van der Waals surface area contributed by atoms with Gasteiger partial charge < -0.3 is 15.0 Å². The van der Waals surface area contributed by atoms with Gasteiger partial charge >= 0.3 is 0 Å². The Morgan fingerprint density at radius 2 is 1.81 bits per heavy atom. The van der Waals surface area contributed by atoms with Crippen molar-refractivity contribution in [3.05, 3.63) is 64.6 Å². The Bertz CT molecular complexity index is 906. The molecular weight excluding hydrogens is 456 g/mol. The Morgan fingerprint density at radius 3 is 2.45 bits per heavy atom. The minimum absolute atomic E-state index is 0.0224. The monoisotopic (exact) mass is 484 g/mol. The van der Waals surface area contributed by atoms with Gasteiger partial charge in [0.15, 0.2) is 6.61 Å². The summed E-state index contributed by atoms with van der Waals surface area (Å²) in [5.41, 5.74) is 1.36. The fourth-order valence-electron chi connectivity index (χ4n) is 4.53. The van der Waals surface area contributed by atoms with Crippen LogP contribution in [0.3, 0.4) is 0 Å². The van der Waals surface area contributed by atoms with E-state index in [9.17, 15) is 9.59 Å². The lowest BCUT2D eigenvalue weighted by molar-refractivity contribution is -0.137. The standard InChI is InChI=1S/C25H29BrN2O3/c26-21-7-4-6-20(16-21)25(12-5-13-25)18-27-24(30)19-10-14-28(15-11-19)23(29)17-31-22-8-2-1-3-9-22/h1-4,6-9,16,19H,5,10-15,17-18H2,(H,27,30). The van der Waals surface area contributed by atoms with Crippen LogP contribution in [0.2, 0.25) is 0 Å². The number of nitrogens with one attached hydrogen (secondary N) is 1. The molecular formula is C25H29BrN2O3. The number of carbonyl (C=O) groups is 2. The molecule has 1 N–H and O–H groups in total. The van der Waals surface area contributed by atoms with Crippen LogP contribution in [-0.4, -0.2) is 43.0 Å². The number of amides is 2. The van der Waals surface area contributed by atoms with Crippen molar-refractivity contribution >= 4 is 27.7 Å². The summed E-state index contributed by atoms with van der Waals surface area (Å²) in [4.78, 5) is 27.1. The molecule has 0 bridgehead atoms. The minimum Gasteiger partial charge on any atom is -0.484 e. The molecule has 0 unspecified atom stereocenters. The maximum atomic E-state index is 12.8. The van der Waals surface area contributed by atoms with Crippen LogP contribution in [0.15, 0.2) is 59.1 Å². The summed E-state index contributed by atoms with van der Waals surface area (Å²) in [5, 5.41) is 3.22. The highest BCUT2D eigenvalue weighted by molar-refractivity contribution is 9.10. The van der Waals surface area contributed by atoms with E-state index in [0.29, 0.717) is 38.2 Å². The second kappa shape index (κ2) is 9.86. The number of hydrogen-bond acceptors (Lipinski definition) is 3. The van der Waals surface area contributed by atoms with E-state index in [4.69, 9.17) is 4.74 Å². The summed E-state index contributed by atoms with van der Waals surface area (Å²) in [6.45, 7) is 1.93. The van der Waals surface area contributed by atoms with Crippen molar-refractivity contribution < 1.29 is 14.3 Å². The Kier molecular flexibility index (Phi) is 6.96. The van der Waals surface area contributed by atoms with Crippen LogP contribution in [0.5, 0.6) is 5.75 Å². The molecule has 164 valence electrons. The summed E-state index contributed by atoms with van der Waals surface area (Å²) in [6.07, 6.45) is 4.82. The summed E-state index contributed by atoms with van der Waals surface area (Å²) >= 11 is 3.56. The SMILES string of the molecule is O=C(NCC1(c2cccc(Br)c2)CCC1)C1CCN(C(=O)COc2ccccc2)CC1. The molecule has 0 radical (unpaired) electrons. The molecule has 2 fully saturated rings. The topological polar surface area (TPSA) is 58.6 Å². The molecule has 1 heterocycles. The van der Waals surface area contributed by atoms with Gasteiger partial charge in [-0.05, 0) is 55.5 Å². The number of benzene rings is 2. The first-order chi connectivity index (χ1) is 15.1. The first kappa shape index (κ1) is 21.9.